The summed E-state index contributed by atoms with van der Waals surface area (Å²) in [7, 11) is 20.0. The zero-order valence-corrected chi connectivity index (χ0v) is 12.0. The summed E-state index contributed by atoms with van der Waals surface area (Å²) in [5, 5.41) is 6.66. The van der Waals surface area contributed by atoms with Crippen LogP contribution in [0.3, 0.4) is 0 Å². The van der Waals surface area contributed by atoms with Crippen molar-refractivity contribution in [3.8, 4) is 0 Å². The van der Waals surface area contributed by atoms with Gasteiger partial charge < -0.3 is 5.41 Å². The first-order valence-electron chi connectivity index (χ1n) is 3.38. The summed E-state index contributed by atoms with van der Waals surface area (Å²) in [6, 6.07) is 0. The molecule has 0 spiro atoms. The molecule has 0 aliphatic carbocycles. The Morgan fingerprint density at radius 2 is 1.58 bits per heavy atom. The van der Waals surface area contributed by atoms with Gasteiger partial charge in [0.25, 0.3) is 0 Å². The van der Waals surface area contributed by atoms with Crippen molar-refractivity contribution >= 4 is 43.9 Å². The zero-order valence-electron chi connectivity index (χ0n) is 6.73. The van der Waals surface area contributed by atoms with Crippen molar-refractivity contribution in [2.75, 3.05) is 0 Å². The molecule has 0 saturated heterocycles. The molecule has 0 heterocycles. The van der Waals surface area contributed by atoms with Gasteiger partial charge in [-0.3, -0.25) is 0 Å². The zero-order chi connectivity index (χ0) is 10.0. The fourth-order valence-electron chi connectivity index (χ4n) is 0.496. The van der Waals surface area contributed by atoms with Crippen LogP contribution in [-0.4, -0.2) is 6.21 Å². The minimum atomic E-state index is -3.06. The number of unbranched alkanes of at least 4 members (excludes halogenated alkanes) is 3. The Morgan fingerprint density at radius 1 is 1.17 bits per heavy atom. The fourth-order valence-corrected chi connectivity index (χ4v) is 0.496. The Hall–Kier alpha value is 1.52. The van der Waals surface area contributed by atoms with Gasteiger partial charge in [-0.05, 0) is 19.1 Å². The molecule has 80 valence electrons. The summed E-state index contributed by atoms with van der Waals surface area (Å²) in [4.78, 5) is 0. The predicted octanol–water partition coefficient (Wildman–Crippen LogP) is 4.97. The van der Waals surface area contributed by atoms with Crippen LogP contribution in [-0.2, 0) is 11.9 Å². The van der Waals surface area contributed by atoms with Gasteiger partial charge in [0.15, 0.2) is 0 Å². The van der Waals surface area contributed by atoms with Crippen LogP contribution >= 0.6 is 37.7 Å². The van der Waals surface area contributed by atoms with Crippen molar-refractivity contribution in [2.45, 2.75) is 32.6 Å². The van der Waals surface area contributed by atoms with Crippen LogP contribution in [0.4, 0.5) is 0 Å². The van der Waals surface area contributed by atoms with E-state index in [-0.39, 0.29) is 0 Å². The van der Waals surface area contributed by atoms with Gasteiger partial charge in [0, 0.05) is 0 Å². The third-order valence-corrected chi connectivity index (χ3v) is 0.952. The molecular weight excluding hydrogens is 423 g/mol. The Kier molecular flexibility index (Phi) is 14.1. The topological polar surface area (TPSA) is 23.9 Å². The third kappa shape index (κ3) is 41.8. The minimum absolute atomic E-state index is 0.966. The molecule has 6 heteroatoms. The van der Waals surface area contributed by atoms with E-state index in [1.54, 1.807) is 0 Å². The van der Waals surface area contributed by atoms with Crippen molar-refractivity contribution in [3.05, 3.63) is 0 Å². The van der Waals surface area contributed by atoms with Gasteiger partial charge in [-0.25, -0.2) is 0 Å². The second-order valence-corrected chi connectivity index (χ2v) is 21.7. The number of halogens is 4. The van der Waals surface area contributed by atoms with E-state index in [2.05, 4.69) is 6.92 Å². The Labute approximate surface area is 93.1 Å². The van der Waals surface area contributed by atoms with E-state index in [0.29, 0.717) is 0 Å². The normalized spacial score (nSPS) is 11.4. The van der Waals surface area contributed by atoms with Gasteiger partial charge in [-0.1, -0.05) is 19.8 Å². The van der Waals surface area contributed by atoms with Crippen LogP contribution in [0.5, 0.6) is 0 Å². The molecule has 0 rings (SSSR count). The van der Waals surface area contributed by atoms with E-state index in [9.17, 15) is 0 Å². The molecule has 12 heavy (non-hydrogen) atoms. The SMILES string of the molecule is CCCCCC=N.[Cl][Pt]([Cl])([Cl])[Cl]. The van der Waals surface area contributed by atoms with Crippen LogP contribution < -0.4 is 0 Å². The molecule has 0 aromatic carbocycles. The molecule has 0 aliphatic rings. The van der Waals surface area contributed by atoms with Crippen molar-refractivity contribution < 1.29 is 11.9 Å². The van der Waals surface area contributed by atoms with Gasteiger partial charge in [0.05, 0.1) is 0 Å². The van der Waals surface area contributed by atoms with Crippen molar-refractivity contribution in [1.82, 2.24) is 0 Å². The van der Waals surface area contributed by atoms with E-state index < -0.39 is 11.9 Å². The summed E-state index contributed by atoms with van der Waals surface area (Å²) >= 11 is -3.06. The number of rotatable bonds is 4. The van der Waals surface area contributed by atoms with E-state index in [1.165, 1.54) is 25.5 Å². The van der Waals surface area contributed by atoms with Crippen molar-refractivity contribution in [2.24, 2.45) is 0 Å². The first kappa shape index (κ1) is 16.0. The van der Waals surface area contributed by atoms with E-state index in [0.717, 1.165) is 6.42 Å². The maximum absolute atomic E-state index is 6.66. The maximum atomic E-state index is 6.66. The van der Waals surface area contributed by atoms with E-state index in [4.69, 9.17) is 43.1 Å². The van der Waals surface area contributed by atoms with Crippen LogP contribution in [0, 0.1) is 5.41 Å². The number of hydrogen-bond donors (Lipinski definition) is 1. The van der Waals surface area contributed by atoms with Gasteiger partial charge in [0.1, 0.15) is 0 Å². The molecule has 0 atom stereocenters. The van der Waals surface area contributed by atoms with Crippen LogP contribution in [0.15, 0.2) is 0 Å². The van der Waals surface area contributed by atoms with Crippen molar-refractivity contribution in [3.63, 3.8) is 0 Å². The Bertz CT molecular complexity index is 98.2. The molecule has 1 nitrogen and oxygen atoms in total. The monoisotopic (exact) mass is 434 g/mol. The van der Waals surface area contributed by atoms with Crippen LogP contribution in [0.1, 0.15) is 32.6 Å². The third-order valence-electron chi connectivity index (χ3n) is 0.952. The molecule has 0 bridgehead atoms. The Balaban J connectivity index is 0. The predicted molar refractivity (Wildman–Crippen MR) is 56.3 cm³/mol. The molecule has 0 aliphatic heterocycles. The molecule has 1 N–H and O–H groups in total. The molecule has 0 fully saturated rings. The molecule has 0 amide bonds. The van der Waals surface area contributed by atoms with E-state index in [1.807, 2.05) is 0 Å². The average molecular weight is 436 g/mol. The fraction of sp³-hybridized carbons (Fsp3) is 0.833. The second-order valence-electron chi connectivity index (χ2n) is 1.97. The molecule has 0 unspecified atom stereocenters. The molecule has 0 saturated carbocycles. The molecule has 0 aromatic rings. The first-order chi connectivity index (χ1) is 5.41. The second kappa shape index (κ2) is 10.6. The summed E-state index contributed by atoms with van der Waals surface area (Å²) in [6.45, 7) is 2.17. The first-order valence-corrected chi connectivity index (χ1v) is 14.6. The number of nitrogens with one attached hydrogen (secondary N) is 1. The Morgan fingerprint density at radius 3 is 1.83 bits per heavy atom. The van der Waals surface area contributed by atoms with Crippen LogP contribution in [0.2, 0.25) is 0 Å². The summed E-state index contributed by atoms with van der Waals surface area (Å²) < 4.78 is 0. The summed E-state index contributed by atoms with van der Waals surface area (Å²) in [6.07, 6.45) is 6.17. The summed E-state index contributed by atoms with van der Waals surface area (Å²) in [5.74, 6) is 0. The van der Waals surface area contributed by atoms with Gasteiger partial charge in [-0.15, -0.1) is 0 Å². The quantitative estimate of drug-likeness (QED) is 0.476. The van der Waals surface area contributed by atoms with Crippen LogP contribution in [0.25, 0.3) is 0 Å². The number of hydrogen-bond acceptors (Lipinski definition) is 1. The van der Waals surface area contributed by atoms with Gasteiger partial charge in [-0.2, -0.15) is 0 Å². The molecule has 0 radical (unpaired) electrons. The van der Waals surface area contributed by atoms with Gasteiger partial charge >= 0.3 is 49.6 Å². The molecule has 0 aromatic heterocycles. The van der Waals surface area contributed by atoms with Gasteiger partial charge in [0.2, 0.25) is 0 Å². The molecular formula is C6H13Cl4NPt. The standard InChI is InChI=1S/C6H13N.4ClH.Pt/c1-2-3-4-5-6-7;;;;;/h6-7H,2-5H2,1H3;4*1H;/q;;;;;+4/p-4. The van der Waals surface area contributed by atoms with Crippen molar-refractivity contribution in [1.29, 1.82) is 5.41 Å². The summed E-state index contributed by atoms with van der Waals surface area (Å²) in [5.41, 5.74) is 0. The average Bonchev–Trinajstić information content (AvgIpc) is 1.85. The van der Waals surface area contributed by atoms with E-state index >= 15 is 0 Å².